The summed E-state index contributed by atoms with van der Waals surface area (Å²) in [4.78, 5) is 0. The van der Waals surface area contributed by atoms with Gasteiger partial charge in [-0.3, -0.25) is 0 Å². The van der Waals surface area contributed by atoms with Gasteiger partial charge in [0.2, 0.25) is 10.0 Å². The summed E-state index contributed by atoms with van der Waals surface area (Å²) >= 11 is 1.77. The van der Waals surface area contributed by atoms with E-state index in [1.165, 1.54) is 0 Å². The van der Waals surface area contributed by atoms with Crippen molar-refractivity contribution in [1.29, 1.82) is 0 Å². The topological polar surface area (TPSA) is 58.2 Å². The van der Waals surface area contributed by atoms with E-state index in [9.17, 15) is 8.42 Å². The summed E-state index contributed by atoms with van der Waals surface area (Å²) in [6, 6.07) is 0. The molecule has 0 bridgehead atoms. The Bertz CT molecular complexity index is 313. The largest absolute Gasteiger partial charge is 0.317 e. The molecule has 0 aromatic carbocycles. The molecular weight excluding hydrogens is 256 g/mol. The van der Waals surface area contributed by atoms with Crippen LogP contribution in [0.15, 0.2) is 0 Å². The van der Waals surface area contributed by atoms with Crippen LogP contribution in [0.3, 0.4) is 0 Å². The zero-order valence-corrected chi connectivity index (χ0v) is 12.4. The predicted molar refractivity (Wildman–Crippen MR) is 75.0 cm³/mol. The van der Waals surface area contributed by atoms with Crippen LogP contribution in [0.4, 0.5) is 0 Å². The van der Waals surface area contributed by atoms with Crippen LogP contribution >= 0.6 is 11.8 Å². The summed E-state index contributed by atoms with van der Waals surface area (Å²) < 4.78 is 26.3. The highest BCUT2D eigenvalue weighted by Crippen LogP contribution is 2.46. The Hall–Kier alpha value is 0.220. The first kappa shape index (κ1) is 15.3. The highest BCUT2D eigenvalue weighted by molar-refractivity contribution is 8.00. The molecule has 1 aliphatic carbocycles. The lowest BCUT2D eigenvalue weighted by atomic mass is 10.4. The molecule has 0 saturated heterocycles. The highest BCUT2D eigenvalue weighted by atomic mass is 32.2. The quantitative estimate of drug-likeness (QED) is 0.590. The maximum absolute atomic E-state index is 11.7. The highest BCUT2D eigenvalue weighted by Gasteiger charge is 2.42. The lowest BCUT2D eigenvalue weighted by Gasteiger charge is -2.13. The lowest BCUT2D eigenvalue weighted by molar-refractivity contribution is 0.573. The predicted octanol–water partition coefficient (Wildman–Crippen LogP) is 1.19. The van der Waals surface area contributed by atoms with Gasteiger partial charge in [-0.2, -0.15) is 11.8 Å². The van der Waals surface area contributed by atoms with Crippen molar-refractivity contribution in [2.75, 3.05) is 31.6 Å². The molecular formula is C11H24N2O2S2. The standard InChI is InChI=1S/C11H24N2O2S2/c1-3-7-12-8-4-9-17(14,15)13-10-11(16-2)5-6-11/h12-13H,3-10H2,1-2H3. The molecule has 0 radical (unpaired) electrons. The number of rotatable bonds is 10. The van der Waals surface area contributed by atoms with Crippen LogP contribution in [0.2, 0.25) is 0 Å². The van der Waals surface area contributed by atoms with E-state index in [4.69, 9.17) is 0 Å². The second kappa shape index (κ2) is 6.97. The fourth-order valence-corrected chi connectivity index (χ4v) is 3.58. The molecule has 0 heterocycles. The van der Waals surface area contributed by atoms with Gasteiger partial charge in [0.15, 0.2) is 0 Å². The van der Waals surface area contributed by atoms with Crippen LogP contribution in [-0.2, 0) is 10.0 Å². The Kier molecular flexibility index (Phi) is 6.26. The average molecular weight is 280 g/mol. The minimum absolute atomic E-state index is 0.202. The number of sulfonamides is 1. The molecule has 0 atom stereocenters. The number of nitrogens with one attached hydrogen (secondary N) is 2. The molecule has 1 aliphatic rings. The van der Waals surface area contributed by atoms with Crippen molar-refractivity contribution in [3.05, 3.63) is 0 Å². The molecule has 0 aliphatic heterocycles. The smallest absolute Gasteiger partial charge is 0.211 e. The van der Waals surface area contributed by atoms with Gasteiger partial charge in [0.05, 0.1) is 5.75 Å². The van der Waals surface area contributed by atoms with Crippen molar-refractivity contribution in [2.24, 2.45) is 0 Å². The molecule has 0 amide bonds. The molecule has 6 heteroatoms. The van der Waals surface area contributed by atoms with Crippen molar-refractivity contribution in [2.45, 2.75) is 37.4 Å². The van der Waals surface area contributed by atoms with Crippen LogP contribution in [0, 0.1) is 0 Å². The molecule has 17 heavy (non-hydrogen) atoms. The van der Waals surface area contributed by atoms with E-state index in [1.807, 2.05) is 0 Å². The summed E-state index contributed by atoms with van der Waals surface area (Å²) in [5, 5.41) is 3.21. The molecule has 0 spiro atoms. The van der Waals surface area contributed by atoms with Crippen molar-refractivity contribution in [3.63, 3.8) is 0 Å². The molecule has 1 saturated carbocycles. The number of hydrogen-bond acceptors (Lipinski definition) is 4. The van der Waals surface area contributed by atoms with Gasteiger partial charge >= 0.3 is 0 Å². The van der Waals surface area contributed by atoms with Gasteiger partial charge in [-0.15, -0.1) is 0 Å². The fraction of sp³-hybridized carbons (Fsp3) is 1.00. The number of hydrogen-bond donors (Lipinski definition) is 2. The third-order valence-corrected chi connectivity index (χ3v) is 5.88. The Morgan fingerprint density at radius 2 is 2.00 bits per heavy atom. The Morgan fingerprint density at radius 1 is 1.29 bits per heavy atom. The minimum atomic E-state index is -3.08. The van der Waals surface area contributed by atoms with Crippen LogP contribution < -0.4 is 10.0 Å². The van der Waals surface area contributed by atoms with Gasteiger partial charge in [-0.1, -0.05) is 6.92 Å². The van der Waals surface area contributed by atoms with Gasteiger partial charge in [-0.25, -0.2) is 13.1 Å². The van der Waals surface area contributed by atoms with Gasteiger partial charge in [0.25, 0.3) is 0 Å². The zero-order valence-electron chi connectivity index (χ0n) is 10.8. The summed E-state index contributed by atoms with van der Waals surface area (Å²) in [6.07, 6.45) is 6.09. The van der Waals surface area contributed by atoms with Crippen molar-refractivity contribution in [1.82, 2.24) is 10.0 Å². The fourth-order valence-electron chi connectivity index (χ4n) is 1.60. The summed E-state index contributed by atoms with van der Waals surface area (Å²) in [5.41, 5.74) is 0. The first-order chi connectivity index (χ1) is 8.04. The van der Waals surface area contributed by atoms with Crippen LogP contribution in [0.25, 0.3) is 0 Å². The maximum Gasteiger partial charge on any atom is 0.211 e. The molecule has 4 nitrogen and oxygen atoms in total. The molecule has 2 N–H and O–H groups in total. The van der Waals surface area contributed by atoms with Crippen molar-refractivity contribution in [3.8, 4) is 0 Å². The van der Waals surface area contributed by atoms with Gasteiger partial charge in [0, 0.05) is 11.3 Å². The van der Waals surface area contributed by atoms with E-state index >= 15 is 0 Å². The number of thioether (sulfide) groups is 1. The van der Waals surface area contributed by atoms with E-state index < -0.39 is 10.0 Å². The monoisotopic (exact) mass is 280 g/mol. The lowest BCUT2D eigenvalue weighted by Crippen LogP contribution is -2.34. The second-order valence-corrected chi connectivity index (χ2v) is 7.83. The third kappa shape index (κ3) is 6.08. The minimum Gasteiger partial charge on any atom is -0.317 e. The third-order valence-electron chi connectivity index (χ3n) is 3.05. The molecule has 1 rings (SSSR count). The van der Waals surface area contributed by atoms with Crippen LogP contribution in [-0.4, -0.2) is 44.8 Å². The average Bonchev–Trinajstić information content (AvgIpc) is 3.07. The normalized spacial score (nSPS) is 18.2. The first-order valence-corrected chi connectivity index (χ1v) is 9.14. The Balaban J connectivity index is 2.13. The summed E-state index contributed by atoms with van der Waals surface area (Å²) in [7, 11) is -3.08. The maximum atomic E-state index is 11.7. The first-order valence-electron chi connectivity index (χ1n) is 6.27. The van der Waals surface area contributed by atoms with E-state index in [0.29, 0.717) is 13.0 Å². The zero-order chi connectivity index (χ0) is 12.8. The van der Waals surface area contributed by atoms with Crippen LogP contribution in [0.1, 0.15) is 32.6 Å². The van der Waals surface area contributed by atoms with E-state index in [1.54, 1.807) is 11.8 Å². The van der Waals surface area contributed by atoms with E-state index in [2.05, 4.69) is 23.2 Å². The Morgan fingerprint density at radius 3 is 2.53 bits per heavy atom. The van der Waals surface area contributed by atoms with Crippen molar-refractivity contribution >= 4 is 21.8 Å². The van der Waals surface area contributed by atoms with E-state index in [-0.39, 0.29) is 10.5 Å². The summed E-state index contributed by atoms with van der Waals surface area (Å²) in [6.45, 7) is 4.44. The van der Waals surface area contributed by atoms with Gasteiger partial charge in [0.1, 0.15) is 0 Å². The Labute approximate surface area is 109 Å². The van der Waals surface area contributed by atoms with Crippen molar-refractivity contribution < 1.29 is 8.42 Å². The van der Waals surface area contributed by atoms with Gasteiger partial charge in [-0.05, 0) is 45.0 Å². The van der Waals surface area contributed by atoms with Gasteiger partial charge < -0.3 is 5.32 Å². The molecule has 102 valence electrons. The molecule has 0 unspecified atom stereocenters. The van der Waals surface area contributed by atoms with Crippen LogP contribution in [0.5, 0.6) is 0 Å². The SMILES string of the molecule is CCCNCCCS(=O)(=O)NCC1(SC)CC1. The molecule has 1 fully saturated rings. The molecule has 0 aromatic heterocycles. The summed E-state index contributed by atoms with van der Waals surface area (Å²) in [5.74, 6) is 0.230. The second-order valence-electron chi connectivity index (χ2n) is 4.63. The molecule has 0 aromatic rings. The van der Waals surface area contributed by atoms with E-state index in [0.717, 1.165) is 32.4 Å².